The standard InChI is InChI=1S/C30H18O10/c31-27(32)19-8-2-6-17-23(12-10-21(25(17)19)29(35)36)39-15-4-1-5-16(14-15)40-24-13-11-22(30(37)38)26-18(24)7-3-9-20(26)28(33)34/h1-14H,(H,31,32)(H,33,34)(H,35,36)(H,37,38). The number of hydrogen-bond donors (Lipinski definition) is 4. The second-order valence-electron chi connectivity index (χ2n) is 8.58. The second kappa shape index (κ2) is 10.1. The van der Waals surface area contributed by atoms with E-state index in [4.69, 9.17) is 9.47 Å². The van der Waals surface area contributed by atoms with Crippen LogP contribution >= 0.6 is 0 Å². The Kier molecular flexibility index (Phi) is 6.50. The van der Waals surface area contributed by atoms with Crippen molar-refractivity contribution in [3.05, 3.63) is 107 Å². The van der Waals surface area contributed by atoms with Gasteiger partial charge in [-0.05, 0) is 48.5 Å². The van der Waals surface area contributed by atoms with Gasteiger partial charge in [0.1, 0.15) is 23.0 Å². The van der Waals surface area contributed by atoms with Gasteiger partial charge in [-0.15, -0.1) is 0 Å². The number of carbonyl (C=O) groups is 4. The third-order valence-electron chi connectivity index (χ3n) is 6.18. The fraction of sp³-hybridized carbons (Fsp3) is 0. The van der Waals surface area contributed by atoms with Gasteiger partial charge in [-0.1, -0.05) is 30.3 Å². The van der Waals surface area contributed by atoms with E-state index in [1.165, 1.54) is 54.6 Å². The first-order chi connectivity index (χ1) is 19.2. The predicted molar refractivity (Wildman–Crippen MR) is 142 cm³/mol. The van der Waals surface area contributed by atoms with Gasteiger partial charge < -0.3 is 29.9 Å². The zero-order valence-electron chi connectivity index (χ0n) is 20.3. The van der Waals surface area contributed by atoms with E-state index in [0.717, 1.165) is 0 Å². The Labute approximate surface area is 224 Å². The molecule has 0 unspecified atom stereocenters. The van der Waals surface area contributed by atoms with Crippen molar-refractivity contribution in [3.63, 3.8) is 0 Å². The van der Waals surface area contributed by atoms with E-state index in [1.807, 2.05) is 0 Å². The minimum Gasteiger partial charge on any atom is -0.478 e. The lowest BCUT2D eigenvalue weighted by atomic mass is 9.98. The van der Waals surface area contributed by atoms with E-state index in [1.54, 1.807) is 30.3 Å². The maximum Gasteiger partial charge on any atom is 0.336 e. The molecule has 5 aromatic rings. The molecule has 0 heterocycles. The molecule has 0 saturated heterocycles. The van der Waals surface area contributed by atoms with Crippen molar-refractivity contribution < 1.29 is 49.1 Å². The van der Waals surface area contributed by atoms with Crippen LogP contribution in [0.15, 0.2) is 84.9 Å². The van der Waals surface area contributed by atoms with E-state index in [9.17, 15) is 39.6 Å². The molecule has 0 aliphatic heterocycles. The molecule has 4 N–H and O–H groups in total. The predicted octanol–water partition coefficient (Wildman–Crippen LogP) is 6.37. The SMILES string of the molecule is O=C(O)c1cccc2c(Oc3cccc(Oc4ccc(C(=O)O)c5c(C(=O)O)cccc45)c3)ccc(C(=O)O)c12. The lowest BCUT2D eigenvalue weighted by Gasteiger charge is -2.15. The van der Waals surface area contributed by atoms with Crippen molar-refractivity contribution in [2.75, 3.05) is 0 Å². The van der Waals surface area contributed by atoms with Crippen LogP contribution in [0.3, 0.4) is 0 Å². The van der Waals surface area contributed by atoms with Crippen LogP contribution in [0, 0.1) is 0 Å². The number of carboxylic acids is 4. The van der Waals surface area contributed by atoms with Crippen molar-refractivity contribution in [2.24, 2.45) is 0 Å². The van der Waals surface area contributed by atoms with Gasteiger partial charge in [0.25, 0.3) is 0 Å². The van der Waals surface area contributed by atoms with Crippen molar-refractivity contribution >= 4 is 45.4 Å². The monoisotopic (exact) mass is 538 g/mol. The first-order valence-electron chi connectivity index (χ1n) is 11.7. The van der Waals surface area contributed by atoms with Crippen molar-refractivity contribution in [2.45, 2.75) is 0 Å². The molecule has 0 bridgehead atoms. The van der Waals surface area contributed by atoms with Crippen LogP contribution in [0.25, 0.3) is 21.5 Å². The summed E-state index contributed by atoms with van der Waals surface area (Å²) in [6.45, 7) is 0. The molecular formula is C30H18O10. The molecule has 0 fully saturated rings. The highest BCUT2D eigenvalue weighted by molar-refractivity contribution is 6.15. The third kappa shape index (κ3) is 4.61. The highest BCUT2D eigenvalue weighted by Crippen LogP contribution is 2.38. The molecule has 0 aliphatic carbocycles. The largest absolute Gasteiger partial charge is 0.478 e. The van der Waals surface area contributed by atoms with Gasteiger partial charge in [0, 0.05) is 27.6 Å². The van der Waals surface area contributed by atoms with Crippen LogP contribution in [0.1, 0.15) is 41.4 Å². The molecule has 0 amide bonds. The molecular weight excluding hydrogens is 520 g/mol. The molecule has 0 spiro atoms. The molecule has 40 heavy (non-hydrogen) atoms. The number of carboxylic acid groups (broad SMARTS) is 4. The lowest BCUT2D eigenvalue weighted by Crippen LogP contribution is -2.05. The van der Waals surface area contributed by atoms with Gasteiger partial charge in [0.05, 0.1) is 22.3 Å². The molecule has 5 rings (SSSR count). The van der Waals surface area contributed by atoms with Gasteiger partial charge in [-0.2, -0.15) is 0 Å². The summed E-state index contributed by atoms with van der Waals surface area (Å²) in [5.74, 6) is -4.16. The normalized spacial score (nSPS) is 10.8. The third-order valence-corrected chi connectivity index (χ3v) is 6.18. The van der Waals surface area contributed by atoms with Gasteiger partial charge in [0.2, 0.25) is 0 Å². The van der Waals surface area contributed by atoms with Crippen LogP contribution in [-0.4, -0.2) is 44.3 Å². The van der Waals surface area contributed by atoms with Crippen LogP contribution < -0.4 is 9.47 Å². The van der Waals surface area contributed by atoms with E-state index in [0.29, 0.717) is 0 Å². The zero-order valence-corrected chi connectivity index (χ0v) is 20.3. The Morgan fingerprint density at radius 1 is 0.450 bits per heavy atom. The van der Waals surface area contributed by atoms with Gasteiger partial charge in [0.15, 0.2) is 0 Å². The lowest BCUT2D eigenvalue weighted by molar-refractivity contribution is 0.0681. The summed E-state index contributed by atoms with van der Waals surface area (Å²) in [5, 5.41) is 39.0. The summed E-state index contributed by atoms with van der Waals surface area (Å²) in [5.41, 5.74) is -0.741. The minimum atomic E-state index is -1.28. The molecule has 198 valence electrons. The van der Waals surface area contributed by atoms with Crippen LogP contribution in [0.5, 0.6) is 23.0 Å². The van der Waals surface area contributed by atoms with Crippen LogP contribution in [0.4, 0.5) is 0 Å². The van der Waals surface area contributed by atoms with Crippen LogP contribution in [-0.2, 0) is 0 Å². The summed E-state index contributed by atoms with van der Waals surface area (Å²) >= 11 is 0. The smallest absolute Gasteiger partial charge is 0.336 e. The number of rotatable bonds is 8. The number of benzene rings is 5. The van der Waals surface area contributed by atoms with Crippen molar-refractivity contribution in [3.8, 4) is 23.0 Å². The Bertz CT molecular complexity index is 1700. The van der Waals surface area contributed by atoms with Gasteiger partial charge >= 0.3 is 23.9 Å². The fourth-order valence-corrected chi connectivity index (χ4v) is 4.51. The van der Waals surface area contributed by atoms with E-state index in [-0.39, 0.29) is 66.8 Å². The highest BCUT2D eigenvalue weighted by atomic mass is 16.5. The van der Waals surface area contributed by atoms with Gasteiger partial charge in [-0.3, -0.25) is 0 Å². The number of ether oxygens (including phenoxy) is 2. The number of fused-ring (bicyclic) bond motifs is 2. The molecule has 0 radical (unpaired) electrons. The summed E-state index contributed by atoms with van der Waals surface area (Å²) in [6, 6.07) is 20.5. The number of hydrogen-bond acceptors (Lipinski definition) is 6. The summed E-state index contributed by atoms with van der Waals surface area (Å²) in [7, 11) is 0. The Morgan fingerprint density at radius 3 is 1.18 bits per heavy atom. The first-order valence-corrected chi connectivity index (χ1v) is 11.7. The summed E-state index contributed by atoms with van der Waals surface area (Å²) in [6.07, 6.45) is 0. The quantitative estimate of drug-likeness (QED) is 0.174. The van der Waals surface area contributed by atoms with Crippen molar-refractivity contribution in [1.29, 1.82) is 0 Å². The first kappa shape index (κ1) is 25.7. The highest BCUT2D eigenvalue weighted by Gasteiger charge is 2.21. The van der Waals surface area contributed by atoms with E-state index < -0.39 is 23.9 Å². The zero-order chi connectivity index (χ0) is 28.6. The minimum absolute atomic E-state index is 0.0200. The Morgan fingerprint density at radius 2 is 0.800 bits per heavy atom. The van der Waals surface area contributed by atoms with Crippen molar-refractivity contribution in [1.82, 2.24) is 0 Å². The topological polar surface area (TPSA) is 168 Å². The van der Waals surface area contributed by atoms with E-state index in [2.05, 4.69) is 0 Å². The molecule has 0 aromatic heterocycles. The molecule has 0 aliphatic rings. The number of aromatic carboxylic acids is 4. The second-order valence-corrected chi connectivity index (χ2v) is 8.58. The summed E-state index contributed by atoms with van der Waals surface area (Å²) < 4.78 is 12.0. The Balaban J connectivity index is 1.55. The molecule has 0 saturated carbocycles. The Hall–Kier alpha value is -5.90. The summed E-state index contributed by atoms with van der Waals surface area (Å²) in [4.78, 5) is 47.1. The molecule has 5 aromatic carbocycles. The average molecular weight is 538 g/mol. The maximum atomic E-state index is 11.8. The van der Waals surface area contributed by atoms with Crippen LogP contribution in [0.2, 0.25) is 0 Å². The molecule has 0 atom stereocenters. The average Bonchev–Trinajstić information content (AvgIpc) is 2.92. The fourth-order valence-electron chi connectivity index (χ4n) is 4.51. The van der Waals surface area contributed by atoms with Gasteiger partial charge in [-0.25, -0.2) is 19.2 Å². The van der Waals surface area contributed by atoms with E-state index >= 15 is 0 Å². The molecule has 10 heteroatoms. The molecule has 10 nitrogen and oxygen atoms in total. The maximum absolute atomic E-state index is 11.8.